The average Bonchev–Trinajstić information content (AvgIpc) is 2.84. The third-order valence-corrected chi connectivity index (χ3v) is 6.16. The fourth-order valence-electron chi connectivity index (χ4n) is 4.45. The number of aryl methyl sites for hydroxylation is 1. The summed E-state index contributed by atoms with van der Waals surface area (Å²) in [5.74, 6) is 0.847. The lowest BCUT2D eigenvalue weighted by Gasteiger charge is -2.32. The number of rotatable bonds is 7. The minimum Gasteiger partial charge on any atom is -0.381 e. The summed E-state index contributed by atoms with van der Waals surface area (Å²) in [6, 6.07) is 14.0. The molecule has 4 rings (SSSR count). The van der Waals surface area contributed by atoms with Gasteiger partial charge in [-0.3, -0.25) is 9.78 Å². The highest BCUT2D eigenvalue weighted by Gasteiger charge is 2.31. The van der Waals surface area contributed by atoms with Crippen LogP contribution in [-0.2, 0) is 22.6 Å². The monoisotopic (exact) mass is 430 g/mol. The predicted molar refractivity (Wildman–Crippen MR) is 123 cm³/mol. The molecule has 0 spiro atoms. The number of methoxy groups -OCH3 is 1. The molecule has 166 valence electrons. The van der Waals surface area contributed by atoms with E-state index in [0.717, 1.165) is 48.1 Å². The minimum absolute atomic E-state index is 0.0234. The first-order chi connectivity index (χ1) is 15.6. The van der Waals surface area contributed by atoms with Gasteiger partial charge in [0.1, 0.15) is 5.82 Å². The summed E-state index contributed by atoms with van der Waals surface area (Å²) in [6.07, 6.45) is 9.26. The Bertz CT molecular complexity index is 1030. The number of aromatic nitrogens is 3. The van der Waals surface area contributed by atoms with Crippen molar-refractivity contribution in [2.75, 3.05) is 7.11 Å². The normalized spacial score (nSPS) is 18.3. The molecule has 0 saturated heterocycles. The molecule has 6 nitrogen and oxygen atoms in total. The lowest BCUT2D eigenvalue weighted by Crippen LogP contribution is -2.39. The van der Waals surface area contributed by atoms with Crippen molar-refractivity contribution in [3.63, 3.8) is 0 Å². The van der Waals surface area contributed by atoms with E-state index in [9.17, 15) is 4.79 Å². The van der Waals surface area contributed by atoms with Gasteiger partial charge in [0.05, 0.1) is 18.3 Å². The Morgan fingerprint density at radius 1 is 1.09 bits per heavy atom. The number of carbonyl (C=O) groups excluding carboxylic acids is 1. The van der Waals surface area contributed by atoms with E-state index >= 15 is 0 Å². The number of carbonyl (C=O) groups is 1. The first kappa shape index (κ1) is 22.1. The molecule has 0 N–H and O–H groups in total. The molecule has 0 unspecified atom stereocenters. The molecule has 2 heterocycles. The summed E-state index contributed by atoms with van der Waals surface area (Å²) in [5.41, 5.74) is 3.89. The van der Waals surface area contributed by atoms with Crippen molar-refractivity contribution in [3.8, 4) is 11.1 Å². The van der Waals surface area contributed by atoms with Crippen molar-refractivity contribution in [2.24, 2.45) is 5.92 Å². The Labute approximate surface area is 189 Å². The van der Waals surface area contributed by atoms with Crippen LogP contribution in [0.2, 0.25) is 0 Å². The van der Waals surface area contributed by atoms with E-state index in [-0.39, 0.29) is 17.9 Å². The molecule has 1 saturated carbocycles. The van der Waals surface area contributed by atoms with Gasteiger partial charge in [-0.1, -0.05) is 36.8 Å². The fraction of sp³-hybridized carbons (Fsp3) is 0.385. The Hall–Kier alpha value is -3.12. The standard InChI is InChI=1S/C26H30N4O2/c1-19-28-16-24(21-11-13-27-14-12-21)25(29-19)18-30(17-20-7-4-3-5-8-20)26(31)22-9-6-10-23(15-22)32-2/h3-5,7-8,11-14,16,22-23H,6,9-10,15,17-18H2,1-2H3/t22-,23-/m1/s1. The second-order valence-electron chi connectivity index (χ2n) is 8.41. The zero-order valence-corrected chi connectivity index (χ0v) is 18.8. The van der Waals surface area contributed by atoms with Crippen molar-refractivity contribution < 1.29 is 9.53 Å². The lowest BCUT2D eigenvalue weighted by molar-refractivity contribution is -0.139. The fourth-order valence-corrected chi connectivity index (χ4v) is 4.45. The van der Waals surface area contributed by atoms with E-state index in [2.05, 4.69) is 22.1 Å². The number of ether oxygens (including phenoxy) is 1. The largest absolute Gasteiger partial charge is 0.381 e. The Morgan fingerprint density at radius 3 is 2.62 bits per heavy atom. The van der Waals surface area contributed by atoms with Gasteiger partial charge in [0.25, 0.3) is 0 Å². The van der Waals surface area contributed by atoms with Crippen molar-refractivity contribution in [1.29, 1.82) is 0 Å². The van der Waals surface area contributed by atoms with Gasteiger partial charge in [-0.15, -0.1) is 0 Å². The third kappa shape index (κ3) is 5.37. The van der Waals surface area contributed by atoms with Crippen LogP contribution in [-0.4, -0.2) is 39.0 Å². The van der Waals surface area contributed by atoms with Crippen LogP contribution in [0.3, 0.4) is 0 Å². The molecule has 6 heteroatoms. The molecule has 1 aromatic carbocycles. The first-order valence-electron chi connectivity index (χ1n) is 11.2. The second kappa shape index (κ2) is 10.5. The van der Waals surface area contributed by atoms with Crippen molar-refractivity contribution in [1.82, 2.24) is 19.9 Å². The highest BCUT2D eigenvalue weighted by molar-refractivity contribution is 5.79. The van der Waals surface area contributed by atoms with Gasteiger partial charge in [-0.05, 0) is 49.4 Å². The SMILES string of the molecule is CO[C@@H]1CCC[C@@H](C(=O)N(Cc2ccccc2)Cc2nc(C)ncc2-c2ccncc2)C1. The molecule has 1 fully saturated rings. The number of hydrogen-bond donors (Lipinski definition) is 0. The van der Waals surface area contributed by atoms with E-state index in [1.807, 2.05) is 48.4 Å². The Morgan fingerprint density at radius 2 is 1.88 bits per heavy atom. The molecule has 1 amide bonds. The number of nitrogens with zero attached hydrogens (tertiary/aromatic N) is 4. The Balaban J connectivity index is 1.65. The number of benzene rings is 1. The summed E-state index contributed by atoms with van der Waals surface area (Å²) in [4.78, 5) is 28.9. The van der Waals surface area contributed by atoms with Gasteiger partial charge in [0.2, 0.25) is 5.91 Å². The zero-order valence-electron chi connectivity index (χ0n) is 18.8. The quantitative estimate of drug-likeness (QED) is 0.549. The summed E-state index contributed by atoms with van der Waals surface area (Å²) in [5, 5.41) is 0. The Kier molecular flexibility index (Phi) is 7.22. The molecule has 32 heavy (non-hydrogen) atoms. The maximum Gasteiger partial charge on any atom is 0.226 e. The van der Waals surface area contributed by atoms with Crippen LogP contribution in [0.25, 0.3) is 11.1 Å². The third-order valence-electron chi connectivity index (χ3n) is 6.16. The molecule has 2 aromatic heterocycles. The molecule has 0 radical (unpaired) electrons. The van der Waals surface area contributed by atoms with Crippen LogP contribution in [0.5, 0.6) is 0 Å². The number of hydrogen-bond acceptors (Lipinski definition) is 5. The second-order valence-corrected chi connectivity index (χ2v) is 8.41. The lowest BCUT2D eigenvalue weighted by atomic mass is 9.86. The smallest absolute Gasteiger partial charge is 0.226 e. The van der Waals surface area contributed by atoms with Crippen molar-refractivity contribution in [3.05, 3.63) is 78.1 Å². The maximum atomic E-state index is 13.7. The number of pyridine rings is 1. The van der Waals surface area contributed by atoms with Gasteiger partial charge in [0.15, 0.2) is 0 Å². The van der Waals surface area contributed by atoms with Gasteiger partial charge >= 0.3 is 0 Å². The van der Waals surface area contributed by atoms with Crippen molar-refractivity contribution in [2.45, 2.75) is 51.8 Å². The average molecular weight is 431 g/mol. The molecular formula is C26H30N4O2. The summed E-state index contributed by atoms with van der Waals surface area (Å²) >= 11 is 0. The molecule has 2 atom stereocenters. The van der Waals surface area contributed by atoms with Crippen LogP contribution in [0.15, 0.2) is 61.1 Å². The highest BCUT2D eigenvalue weighted by Crippen LogP contribution is 2.30. The minimum atomic E-state index is -0.0234. The van der Waals surface area contributed by atoms with E-state index in [1.54, 1.807) is 19.5 Å². The van der Waals surface area contributed by atoms with E-state index in [4.69, 9.17) is 9.72 Å². The molecule has 0 bridgehead atoms. The summed E-state index contributed by atoms with van der Waals surface area (Å²) in [6.45, 7) is 2.86. The predicted octanol–water partition coefficient (Wildman–Crippen LogP) is 4.58. The van der Waals surface area contributed by atoms with E-state index < -0.39 is 0 Å². The maximum absolute atomic E-state index is 13.7. The van der Waals surface area contributed by atoms with Gasteiger partial charge in [0, 0.05) is 43.7 Å². The molecule has 0 aliphatic heterocycles. The number of amides is 1. The van der Waals surface area contributed by atoms with Crippen LogP contribution < -0.4 is 0 Å². The topological polar surface area (TPSA) is 68.2 Å². The first-order valence-corrected chi connectivity index (χ1v) is 11.2. The van der Waals surface area contributed by atoms with Crippen LogP contribution in [0, 0.1) is 12.8 Å². The van der Waals surface area contributed by atoms with Gasteiger partial charge < -0.3 is 9.64 Å². The molecular weight excluding hydrogens is 400 g/mol. The van der Waals surface area contributed by atoms with Gasteiger partial charge in [-0.2, -0.15) is 0 Å². The van der Waals surface area contributed by atoms with Crippen LogP contribution in [0.1, 0.15) is 42.8 Å². The molecule has 1 aliphatic rings. The zero-order chi connectivity index (χ0) is 22.3. The molecule has 1 aliphatic carbocycles. The van der Waals surface area contributed by atoms with E-state index in [0.29, 0.717) is 18.9 Å². The highest BCUT2D eigenvalue weighted by atomic mass is 16.5. The molecule has 3 aromatic rings. The summed E-state index contributed by atoms with van der Waals surface area (Å²) < 4.78 is 5.58. The van der Waals surface area contributed by atoms with Crippen molar-refractivity contribution >= 4 is 5.91 Å². The van der Waals surface area contributed by atoms with E-state index in [1.165, 1.54) is 0 Å². The van der Waals surface area contributed by atoms with Crippen LogP contribution >= 0.6 is 0 Å². The van der Waals surface area contributed by atoms with Crippen LogP contribution in [0.4, 0.5) is 0 Å². The summed E-state index contributed by atoms with van der Waals surface area (Å²) in [7, 11) is 1.74. The van der Waals surface area contributed by atoms with Gasteiger partial charge in [-0.25, -0.2) is 9.97 Å².